The van der Waals surface area contributed by atoms with Gasteiger partial charge in [-0.2, -0.15) is 0 Å². The van der Waals surface area contributed by atoms with E-state index in [0.717, 1.165) is 33.2 Å². The Kier molecular flexibility index (Phi) is 2.78. The van der Waals surface area contributed by atoms with Gasteiger partial charge in [-0.1, -0.05) is 24.3 Å². The normalized spacial score (nSPS) is 12.8. The van der Waals surface area contributed by atoms with Gasteiger partial charge in [0.05, 0.1) is 0 Å². The molecule has 0 spiro atoms. The van der Waals surface area contributed by atoms with Gasteiger partial charge < -0.3 is 9.47 Å². The van der Waals surface area contributed by atoms with Crippen molar-refractivity contribution in [3.05, 3.63) is 36.4 Å². The first kappa shape index (κ1) is 11.0. The van der Waals surface area contributed by atoms with Crippen LogP contribution in [0.5, 0.6) is 11.5 Å². The van der Waals surface area contributed by atoms with Crippen molar-refractivity contribution in [1.82, 2.24) is 0 Å². The van der Waals surface area contributed by atoms with E-state index in [4.69, 9.17) is 9.47 Å². The molecule has 2 unspecified atom stereocenters. The molecule has 2 atom stereocenters. The molecular weight excluding hydrogens is 250 g/mol. The van der Waals surface area contributed by atoms with E-state index in [9.17, 15) is 0 Å². The van der Waals surface area contributed by atoms with Crippen LogP contribution in [-0.2, 0) is 0 Å². The molecule has 1 heterocycles. The van der Waals surface area contributed by atoms with Gasteiger partial charge in [0.25, 0.3) is 0 Å². The van der Waals surface area contributed by atoms with E-state index in [1.807, 2.05) is 24.3 Å². The standard InChI is InChI=1S/C13H12O2P2/c16-10-5-1-3-8-12(10)13-9(15-7-14-8)4-2-6-11(13)17/h1-6H,7,16-17H2. The van der Waals surface area contributed by atoms with Gasteiger partial charge in [-0.3, -0.25) is 0 Å². The van der Waals surface area contributed by atoms with E-state index in [1.54, 1.807) is 0 Å². The third-order valence-electron chi connectivity index (χ3n) is 2.80. The molecule has 86 valence electrons. The predicted molar refractivity (Wildman–Crippen MR) is 76.7 cm³/mol. The van der Waals surface area contributed by atoms with E-state index in [2.05, 4.69) is 30.6 Å². The number of fused-ring (bicyclic) bond motifs is 3. The van der Waals surface area contributed by atoms with Crippen LogP contribution in [0.4, 0.5) is 0 Å². The predicted octanol–water partition coefficient (Wildman–Crippen LogP) is 2.08. The Morgan fingerprint density at radius 3 is 1.71 bits per heavy atom. The summed E-state index contributed by atoms with van der Waals surface area (Å²) < 4.78 is 11.2. The average molecular weight is 262 g/mol. The van der Waals surface area contributed by atoms with Crippen molar-refractivity contribution in [3.8, 4) is 22.6 Å². The number of ether oxygens (including phenoxy) is 2. The number of benzene rings is 2. The maximum absolute atomic E-state index is 5.62. The lowest BCUT2D eigenvalue weighted by atomic mass is 10.0. The summed E-state index contributed by atoms with van der Waals surface area (Å²) in [6.45, 7) is 0.252. The van der Waals surface area contributed by atoms with Gasteiger partial charge in [0.2, 0.25) is 6.79 Å². The Labute approximate surface area is 105 Å². The minimum Gasteiger partial charge on any atom is -0.457 e. The molecule has 0 amide bonds. The zero-order valence-corrected chi connectivity index (χ0v) is 11.5. The van der Waals surface area contributed by atoms with Crippen molar-refractivity contribution >= 4 is 29.1 Å². The summed E-state index contributed by atoms with van der Waals surface area (Å²) in [6.07, 6.45) is 0. The van der Waals surface area contributed by atoms with E-state index in [0.29, 0.717) is 0 Å². The fourth-order valence-corrected chi connectivity index (χ4v) is 2.82. The van der Waals surface area contributed by atoms with Gasteiger partial charge in [-0.15, -0.1) is 18.5 Å². The molecule has 17 heavy (non-hydrogen) atoms. The highest BCUT2D eigenvalue weighted by molar-refractivity contribution is 7.29. The van der Waals surface area contributed by atoms with Gasteiger partial charge in [0, 0.05) is 11.1 Å². The molecule has 1 aliphatic heterocycles. The molecular formula is C13H12O2P2. The van der Waals surface area contributed by atoms with Gasteiger partial charge in [-0.05, 0) is 22.7 Å². The molecule has 0 fully saturated rings. The number of hydrogen-bond acceptors (Lipinski definition) is 2. The molecule has 2 aromatic carbocycles. The minimum absolute atomic E-state index is 0.252. The van der Waals surface area contributed by atoms with Crippen LogP contribution in [0.3, 0.4) is 0 Å². The SMILES string of the molecule is Pc1cccc2c1-c1c(P)cccc1OCO2. The van der Waals surface area contributed by atoms with Gasteiger partial charge >= 0.3 is 0 Å². The zero-order valence-electron chi connectivity index (χ0n) is 9.14. The molecule has 0 aliphatic carbocycles. The molecule has 3 rings (SSSR count). The van der Waals surface area contributed by atoms with E-state index in [1.165, 1.54) is 0 Å². The second-order valence-corrected chi connectivity index (χ2v) is 5.09. The first-order chi connectivity index (χ1) is 8.27. The highest BCUT2D eigenvalue weighted by atomic mass is 31.0. The Morgan fingerprint density at radius 2 is 1.24 bits per heavy atom. The number of hydrogen-bond donors (Lipinski definition) is 0. The van der Waals surface area contributed by atoms with Crippen LogP contribution in [0, 0.1) is 0 Å². The van der Waals surface area contributed by atoms with E-state index < -0.39 is 0 Å². The van der Waals surface area contributed by atoms with Crippen LogP contribution in [0.2, 0.25) is 0 Å². The molecule has 1 aliphatic rings. The molecule has 0 aromatic heterocycles. The lowest BCUT2D eigenvalue weighted by Crippen LogP contribution is -2.04. The second-order valence-electron chi connectivity index (χ2n) is 3.85. The smallest absolute Gasteiger partial charge is 0.230 e. The van der Waals surface area contributed by atoms with Crippen LogP contribution in [0.15, 0.2) is 36.4 Å². The molecule has 0 radical (unpaired) electrons. The maximum atomic E-state index is 5.62. The highest BCUT2D eigenvalue weighted by Crippen LogP contribution is 2.37. The van der Waals surface area contributed by atoms with Crippen molar-refractivity contribution in [3.63, 3.8) is 0 Å². The summed E-state index contributed by atoms with van der Waals surface area (Å²) in [7, 11) is 5.50. The summed E-state index contributed by atoms with van der Waals surface area (Å²) in [5.41, 5.74) is 2.19. The van der Waals surface area contributed by atoms with Crippen LogP contribution < -0.4 is 20.1 Å². The highest BCUT2D eigenvalue weighted by Gasteiger charge is 2.19. The van der Waals surface area contributed by atoms with Gasteiger partial charge in [-0.25, -0.2) is 0 Å². The summed E-state index contributed by atoms with van der Waals surface area (Å²) in [4.78, 5) is 0. The minimum atomic E-state index is 0.252. The van der Waals surface area contributed by atoms with Crippen LogP contribution in [0.1, 0.15) is 0 Å². The quantitative estimate of drug-likeness (QED) is 0.677. The largest absolute Gasteiger partial charge is 0.457 e. The Balaban J connectivity index is 2.37. The molecule has 2 aromatic rings. The molecule has 4 heteroatoms. The Bertz CT molecular complexity index is 530. The number of rotatable bonds is 0. The first-order valence-electron chi connectivity index (χ1n) is 5.30. The van der Waals surface area contributed by atoms with E-state index >= 15 is 0 Å². The van der Waals surface area contributed by atoms with Crippen molar-refractivity contribution in [2.45, 2.75) is 0 Å². The average Bonchev–Trinajstić information content (AvgIpc) is 2.50. The van der Waals surface area contributed by atoms with Gasteiger partial charge in [0.1, 0.15) is 11.5 Å². The van der Waals surface area contributed by atoms with Crippen LogP contribution in [-0.4, -0.2) is 6.79 Å². The summed E-state index contributed by atoms with van der Waals surface area (Å²) in [6, 6.07) is 12.0. The van der Waals surface area contributed by atoms with Crippen molar-refractivity contribution in [2.75, 3.05) is 6.79 Å². The fraction of sp³-hybridized carbons (Fsp3) is 0.0769. The molecule has 2 nitrogen and oxygen atoms in total. The van der Waals surface area contributed by atoms with Gasteiger partial charge in [0.15, 0.2) is 0 Å². The summed E-state index contributed by atoms with van der Waals surface area (Å²) in [5, 5.41) is 2.23. The first-order valence-corrected chi connectivity index (χ1v) is 6.46. The summed E-state index contributed by atoms with van der Waals surface area (Å²) in [5.74, 6) is 1.73. The second kappa shape index (κ2) is 4.29. The molecule has 0 saturated carbocycles. The Morgan fingerprint density at radius 1 is 0.765 bits per heavy atom. The van der Waals surface area contributed by atoms with Crippen LogP contribution >= 0.6 is 18.5 Å². The fourth-order valence-electron chi connectivity index (χ4n) is 2.03. The third kappa shape index (κ3) is 1.82. The van der Waals surface area contributed by atoms with E-state index in [-0.39, 0.29) is 6.79 Å². The molecule has 0 saturated heterocycles. The monoisotopic (exact) mass is 262 g/mol. The van der Waals surface area contributed by atoms with Crippen molar-refractivity contribution in [1.29, 1.82) is 0 Å². The van der Waals surface area contributed by atoms with Crippen molar-refractivity contribution in [2.24, 2.45) is 0 Å². The summed E-state index contributed by atoms with van der Waals surface area (Å²) >= 11 is 0. The molecule has 0 N–H and O–H groups in total. The van der Waals surface area contributed by atoms with Crippen molar-refractivity contribution < 1.29 is 9.47 Å². The zero-order chi connectivity index (χ0) is 11.8. The lowest BCUT2D eigenvalue weighted by Gasteiger charge is -2.12. The third-order valence-corrected chi connectivity index (χ3v) is 3.76. The molecule has 0 bridgehead atoms. The van der Waals surface area contributed by atoms with Crippen LogP contribution in [0.25, 0.3) is 11.1 Å². The maximum Gasteiger partial charge on any atom is 0.230 e. The topological polar surface area (TPSA) is 18.5 Å². The Hall–Kier alpha value is -1.10. The lowest BCUT2D eigenvalue weighted by molar-refractivity contribution is 0.125.